The van der Waals surface area contributed by atoms with Gasteiger partial charge in [-0.3, -0.25) is 0 Å². The summed E-state index contributed by atoms with van der Waals surface area (Å²) in [5.41, 5.74) is 7.28. The molecule has 0 N–H and O–H groups in total. The minimum atomic E-state index is 1.21. The molecular formula is C30H24N2O. The average molecular weight is 429 g/mol. The van der Waals surface area contributed by atoms with Crippen LogP contribution < -0.4 is 0 Å². The highest BCUT2D eigenvalue weighted by Gasteiger charge is 2.06. The van der Waals surface area contributed by atoms with Crippen LogP contribution >= 0.6 is 0 Å². The second-order valence-corrected chi connectivity index (χ2v) is 7.21. The normalized spacial score (nSPS) is 9.82. The molecule has 0 radical (unpaired) electrons. The molecule has 5 aromatic rings. The van der Waals surface area contributed by atoms with Crippen LogP contribution in [0.15, 0.2) is 150 Å². The molecule has 5 rings (SSSR count). The van der Waals surface area contributed by atoms with Crippen molar-refractivity contribution < 1.29 is 4.52 Å². The Morgan fingerprint density at radius 3 is 1.03 bits per heavy atom. The maximum Gasteiger partial charge on any atom is 0.144 e. The molecule has 0 spiro atoms. The van der Waals surface area contributed by atoms with E-state index in [1.54, 1.807) is 0 Å². The molecule has 3 heteroatoms. The highest BCUT2D eigenvalue weighted by Crippen LogP contribution is 2.27. The summed E-state index contributed by atoms with van der Waals surface area (Å²) in [5, 5.41) is 6.40. The minimum Gasteiger partial charge on any atom is -0.346 e. The predicted octanol–water partition coefficient (Wildman–Crippen LogP) is 7.32. The van der Waals surface area contributed by atoms with Gasteiger partial charge in [-0.05, 0) is 33.4 Å². The van der Waals surface area contributed by atoms with E-state index in [-0.39, 0.29) is 0 Å². The van der Waals surface area contributed by atoms with Crippen LogP contribution in [0.3, 0.4) is 0 Å². The van der Waals surface area contributed by atoms with Gasteiger partial charge in [0.15, 0.2) is 0 Å². The third-order valence-corrected chi connectivity index (χ3v) is 5.04. The molecule has 0 aliphatic carbocycles. The molecular weight excluding hydrogens is 404 g/mol. The van der Waals surface area contributed by atoms with E-state index in [9.17, 15) is 0 Å². The summed E-state index contributed by atoms with van der Waals surface area (Å²) in [4.78, 5) is 0. The van der Waals surface area contributed by atoms with Gasteiger partial charge in [0.25, 0.3) is 0 Å². The van der Waals surface area contributed by atoms with E-state index in [0.717, 1.165) is 0 Å². The Morgan fingerprint density at radius 1 is 0.485 bits per heavy atom. The van der Waals surface area contributed by atoms with Gasteiger partial charge in [0.05, 0.1) is 6.20 Å². The molecule has 4 aromatic carbocycles. The monoisotopic (exact) mass is 428 g/mol. The van der Waals surface area contributed by atoms with Crippen molar-refractivity contribution in [3.8, 4) is 0 Å². The van der Waals surface area contributed by atoms with Gasteiger partial charge < -0.3 is 4.52 Å². The molecule has 33 heavy (non-hydrogen) atoms. The van der Waals surface area contributed by atoms with Gasteiger partial charge in [-0.1, -0.05) is 133 Å². The first kappa shape index (κ1) is 21.7. The fourth-order valence-corrected chi connectivity index (χ4v) is 3.49. The highest BCUT2D eigenvalue weighted by atomic mass is 16.5. The van der Waals surface area contributed by atoms with E-state index >= 15 is 0 Å². The first-order chi connectivity index (χ1) is 16.4. The lowest BCUT2D eigenvalue weighted by molar-refractivity contribution is 0.393. The smallest absolute Gasteiger partial charge is 0.144 e. The molecule has 1 aromatic heterocycles. The molecule has 160 valence electrons. The Hall–Kier alpha value is -4.50. The summed E-state index contributed by atoms with van der Waals surface area (Å²) in [7, 11) is 0. The second kappa shape index (κ2) is 11.8. The maximum absolute atomic E-state index is 4.22. The molecule has 0 unspecified atom stereocenters. The molecule has 0 aliphatic rings. The van der Waals surface area contributed by atoms with Crippen molar-refractivity contribution in [2.45, 2.75) is 0 Å². The van der Waals surface area contributed by atoms with Gasteiger partial charge >= 0.3 is 0 Å². The molecule has 0 bridgehead atoms. The minimum absolute atomic E-state index is 1.21. The van der Waals surface area contributed by atoms with Crippen LogP contribution in [0, 0.1) is 0 Å². The summed E-state index contributed by atoms with van der Waals surface area (Å²) in [5.74, 6) is 0. The lowest BCUT2D eigenvalue weighted by Gasteiger charge is -2.10. The summed E-state index contributed by atoms with van der Waals surface area (Å²) in [6, 6.07) is 42.2. The zero-order valence-electron chi connectivity index (χ0n) is 18.2. The van der Waals surface area contributed by atoms with Gasteiger partial charge in [-0.25, -0.2) is 0 Å². The SMILES string of the molecule is C(C=C(c1ccccc1)c1ccccc1)=C(c1ccccc1)c1ccccc1.c1conn1. The fraction of sp³-hybridized carbons (Fsp3) is 0. The number of rotatable bonds is 5. The van der Waals surface area contributed by atoms with Crippen LogP contribution in [0.2, 0.25) is 0 Å². The summed E-state index contributed by atoms with van der Waals surface area (Å²) in [6.45, 7) is 0. The average Bonchev–Trinajstić information content (AvgIpc) is 3.49. The van der Waals surface area contributed by atoms with Crippen LogP contribution in [0.4, 0.5) is 0 Å². The molecule has 0 saturated carbocycles. The van der Waals surface area contributed by atoms with E-state index < -0.39 is 0 Å². The molecule has 0 saturated heterocycles. The van der Waals surface area contributed by atoms with Crippen molar-refractivity contribution in [3.63, 3.8) is 0 Å². The molecule has 0 atom stereocenters. The molecule has 0 aliphatic heterocycles. The van der Waals surface area contributed by atoms with Crippen molar-refractivity contribution in [2.75, 3.05) is 0 Å². The van der Waals surface area contributed by atoms with Crippen LogP contribution in [0.25, 0.3) is 11.1 Å². The standard InChI is InChI=1S/C28H22.C2H2N2O/c1-5-13-23(14-6-1)27(24-15-7-2-8-16-24)21-22-28(25-17-9-3-10-18-25)26-19-11-4-12-20-26;1-2-5-4-3-1/h1-22H;1-2H. The topological polar surface area (TPSA) is 38.9 Å². The quantitative estimate of drug-likeness (QED) is 0.275. The van der Waals surface area contributed by atoms with Gasteiger partial charge in [-0.2, -0.15) is 0 Å². The van der Waals surface area contributed by atoms with Crippen molar-refractivity contribution in [1.82, 2.24) is 10.4 Å². The lowest BCUT2D eigenvalue weighted by Crippen LogP contribution is -1.89. The summed E-state index contributed by atoms with van der Waals surface area (Å²) < 4.78 is 4.22. The predicted molar refractivity (Wildman–Crippen MR) is 134 cm³/mol. The Labute approximate surface area is 194 Å². The third-order valence-electron chi connectivity index (χ3n) is 5.04. The Bertz CT molecular complexity index is 1070. The van der Waals surface area contributed by atoms with E-state index in [1.165, 1.54) is 45.9 Å². The summed E-state index contributed by atoms with van der Waals surface area (Å²) in [6.07, 6.45) is 7.35. The van der Waals surface area contributed by atoms with Crippen LogP contribution in [-0.4, -0.2) is 10.4 Å². The lowest BCUT2D eigenvalue weighted by atomic mass is 9.94. The second-order valence-electron chi connectivity index (χ2n) is 7.21. The van der Waals surface area contributed by atoms with Gasteiger partial charge in [0, 0.05) is 5.27 Å². The first-order valence-corrected chi connectivity index (χ1v) is 10.8. The number of hydrogen-bond acceptors (Lipinski definition) is 3. The van der Waals surface area contributed by atoms with Crippen molar-refractivity contribution >= 4 is 11.1 Å². The maximum atomic E-state index is 4.22. The molecule has 1 heterocycles. The Kier molecular flexibility index (Phi) is 7.75. The van der Waals surface area contributed by atoms with Crippen LogP contribution in [0.1, 0.15) is 22.3 Å². The zero-order valence-corrected chi connectivity index (χ0v) is 18.2. The van der Waals surface area contributed by atoms with E-state index in [1.807, 2.05) is 0 Å². The van der Waals surface area contributed by atoms with E-state index in [2.05, 4.69) is 148 Å². The Balaban J connectivity index is 0.000000459. The highest BCUT2D eigenvalue weighted by molar-refractivity contribution is 5.86. The third kappa shape index (κ3) is 6.25. The Morgan fingerprint density at radius 2 is 0.818 bits per heavy atom. The molecule has 0 fully saturated rings. The van der Waals surface area contributed by atoms with Crippen LogP contribution in [-0.2, 0) is 0 Å². The molecule has 0 amide bonds. The largest absolute Gasteiger partial charge is 0.346 e. The zero-order chi connectivity index (χ0) is 22.6. The number of benzene rings is 4. The summed E-state index contributed by atoms with van der Waals surface area (Å²) >= 11 is 0. The number of hydrogen-bond donors (Lipinski definition) is 0. The number of aromatic nitrogens is 2. The van der Waals surface area contributed by atoms with Gasteiger partial charge in [0.1, 0.15) is 6.26 Å². The molecule has 3 nitrogen and oxygen atoms in total. The van der Waals surface area contributed by atoms with Gasteiger partial charge in [-0.15, -0.1) is 5.10 Å². The van der Waals surface area contributed by atoms with Crippen molar-refractivity contribution in [1.29, 1.82) is 0 Å². The number of allylic oxidation sites excluding steroid dienone is 2. The van der Waals surface area contributed by atoms with Crippen LogP contribution in [0.5, 0.6) is 0 Å². The van der Waals surface area contributed by atoms with Crippen molar-refractivity contribution in [2.24, 2.45) is 0 Å². The van der Waals surface area contributed by atoms with E-state index in [0.29, 0.717) is 0 Å². The van der Waals surface area contributed by atoms with Crippen molar-refractivity contribution in [3.05, 3.63) is 168 Å². The first-order valence-electron chi connectivity index (χ1n) is 10.8. The number of nitrogens with zero attached hydrogens (tertiary/aromatic N) is 2. The fourth-order valence-electron chi connectivity index (χ4n) is 3.49. The van der Waals surface area contributed by atoms with E-state index in [4.69, 9.17) is 0 Å². The van der Waals surface area contributed by atoms with Gasteiger partial charge in [0.2, 0.25) is 0 Å².